The van der Waals surface area contributed by atoms with Crippen molar-refractivity contribution in [3.05, 3.63) is 0 Å². The average molecular weight is 325 g/mol. The number of nitrogens with one attached hydrogen (secondary N) is 2. The molecule has 0 rings (SSSR count). The zero-order valence-corrected chi connectivity index (χ0v) is 14.6. The highest BCUT2D eigenvalue weighted by Crippen LogP contribution is 2.10. The summed E-state index contributed by atoms with van der Waals surface area (Å²) in [6.45, 7) is 8.73. The van der Waals surface area contributed by atoms with Gasteiger partial charge in [0.25, 0.3) is 0 Å². The first kappa shape index (κ1) is 19.0. The number of rotatable bonds is 8. The molecule has 0 unspecified atom stereocenters. The molecule has 0 aliphatic heterocycles. The predicted molar refractivity (Wildman–Crippen MR) is 89.5 cm³/mol. The van der Waals surface area contributed by atoms with Gasteiger partial charge in [-0.25, -0.2) is 0 Å². The largest absolute Gasteiger partial charge is 0.354 e. The van der Waals surface area contributed by atoms with E-state index in [1.54, 1.807) is 0 Å². The van der Waals surface area contributed by atoms with Crippen molar-refractivity contribution in [1.29, 1.82) is 0 Å². The van der Waals surface area contributed by atoms with Crippen LogP contribution in [0.15, 0.2) is 0 Å². The molecule has 2 amide bonds. The first-order valence-corrected chi connectivity index (χ1v) is 8.10. The van der Waals surface area contributed by atoms with Crippen LogP contribution >= 0.6 is 37.0 Å². The normalized spacial score (nSPS) is 12.1. The molecular formula is C12H24N2O2S3. The van der Waals surface area contributed by atoms with Crippen LogP contribution in [0.3, 0.4) is 0 Å². The Balaban J connectivity index is 3.68. The molecule has 4 nitrogen and oxygen atoms in total. The monoisotopic (exact) mass is 324 g/mol. The Bertz CT molecular complexity index is 279. The van der Waals surface area contributed by atoms with Crippen molar-refractivity contribution >= 4 is 48.8 Å². The van der Waals surface area contributed by atoms with Gasteiger partial charge >= 0.3 is 0 Å². The second-order valence-corrected chi connectivity index (χ2v) is 9.08. The molecule has 7 heteroatoms. The maximum atomic E-state index is 11.5. The lowest BCUT2D eigenvalue weighted by Crippen LogP contribution is -2.37. The number of thiol groups is 2. The smallest absolute Gasteiger partial charge is 0.230 e. The van der Waals surface area contributed by atoms with E-state index in [4.69, 9.17) is 0 Å². The summed E-state index contributed by atoms with van der Waals surface area (Å²) in [5, 5.41) is 5.55. The van der Waals surface area contributed by atoms with Gasteiger partial charge in [0.15, 0.2) is 0 Å². The SMILES string of the molecule is CC(C)(S)CNC(=O)CSCC(=O)NCC(C)(C)S. The third-order valence-corrected chi connectivity index (χ3v) is 3.15. The van der Waals surface area contributed by atoms with E-state index in [1.807, 2.05) is 27.7 Å². The second-order valence-electron chi connectivity index (χ2n) is 5.67. The topological polar surface area (TPSA) is 58.2 Å². The van der Waals surface area contributed by atoms with Crippen LogP contribution < -0.4 is 10.6 Å². The Morgan fingerprint density at radius 3 is 1.47 bits per heavy atom. The van der Waals surface area contributed by atoms with Crippen molar-refractivity contribution in [2.24, 2.45) is 0 Å². The number of carbonyl (C=O) groups is 2. The molecule has 19 heavy (non-hydrogen) atoms. The molecule has 0 aliphatic carbocycles. The first-order chi connectivity index (χ1) is 8.49. The van der Waals surface area contributed by atoms with Crippen molar-refractivity contribution in [1.82, 2.24) is 10.6 Å². The van der Waals surface area contributed by atoms with Crippen molar-refractivity contribution in [3.8, 4) is 0 Å². The van der Waals surface area contributed by atoms with Crippen LogP contribution in [-0.4, -0.2) is 45.9 Å². The summed E-state index contributed by atoms with van der Waals surface area (Å²) in [4.78, 5) is 23.0. The number of amides is 2. The molecule has 0 radical (unpaired) electrons. The van der Waals surface area contributed by atoms with E-state index in [1.165, 1.54) is 11.8 Å². The molecule has 0 fully saturated rings. The fourth-order valence-electron chi connectivity index (χ4n) is 0.968. The van der Waals surface area contributed by atoms with Crippen LogP contribution in [0.25, 0.3) is 0 Å². The van der Waals surface area contributed by atoms with E-state index in [-0.39, 0.29) is 32.8 Å². The minimum absolute atomic E-state index is 0.0746. The molecule has 0 saturated carbocycles. The van der Waals surface area contributed by atoms with Crippen molar-refractivity contribution < 1.29 is 9.59 Å². The van der Waals surface area contributed by atoms with Gasteiger partial charge in [-0.15, -0.1) is 11.8 Å². The fraction of sp³-hybridized carbons (Fsp3) is 0.833. The molecule has 0 spiro atoms. The van der Waals surface area contributed by atoms with E-state index in [9.17, 15) is 9.59 Å². The van der Waals surface area contributed by atoms with Gasteiger partial charge in [-0.1, -0.05) is 0 Å². The summed E-state index contributed by atoms with van der Waals surface area (Å²) >= 11 is 9.93. The molecule has 0 heterocycles. The second kappa shape index (κ2) is 8.32. The number of hydrogen-bond acceptors (Lipinski definition) is 5. The number of hydrogen-bond donors (Lipinski definition) is 4. The van der Waals surface area contributed by atoms with Gasteiger partial charge in [-0.2, -0.15) is 25.3 Å². The zero-order valence-electron chi connectivity index (χ0n) is 11.9. The zero-order chi connectivity index (χ0) is 15.1. The summed E-state index contributed by atoms with van der Waals surface area (Å²) in [5.41, 5.74) is 0. The minimum atomic E-state index is -0.226. The van der Waals surface area contributed by atoms with E-state index in [2.05, 4.69) is 35.9 Å². The van der Waals surface area contributed by atoms with Gasteiger partial charge in [0.2, 0.25) is 11.8 Å². The standard InChI is InChI=1S/C12H24N2O2S3/c1-11(2,17)7-13-9(15)5-19-6-10(16)14-8-12(3,4)18/h17-18H,5-8H2,1-4H3,(H,13,15)(H,14,16). The quantitative estimate of drug-likeness (QED) is 0.510. The minimum Gasteiger partial charge on any atom is -0.354 e. The third kappa shape index (κ3) is 14.2. The van der Waals surface area contributed by atoms with E-state index < -0.39 is 0 Å². The highest BCUT2D eigenvalue weighted by Gasteiger charge is 2.14. The summed E-state index contributed by atoms with van der Waals surface area (Å²) in [7, 11) is 0. The average Bonchev–Trinajstić information content (AvgIpc) is 2.22. The van der Waals surface area contributed by atoms with E-state index >= 15 is 0 Å². The van der Waals surface area contributed by atoms with Crippen LogP contribution in [0, 0.1) is 0 Å². The number of carbonyl (C=O) groups excluding carboxylic acids is 2. The lowest BCUT2D eigenvalue weighted by molar-refractivity contribution is -0.119. The van der Waals surface area contributed by atoms with Gasteiger partial charge in [0.1, 0.15) is 0 Å². The summed E-state index contributed by atoms with van der Waals surface area (Å²) in [6.07, 6.45) is 0. The molecule has 0 saturated heterocycles. The maximum absolute atomic E-state index is 11.5. The van der Waals surface area contributed by atoms with Gasteiger partial charge < -0.3 is 10.6 Å². The van der Waals surface area contributed by atoms with Crippen LogP contribution in [0.4, 0.5) is 0 Å². The Hall–Kier alpha value is -0.0100. The Kier molecular flexibility index (Phi) is 8.31. The van der Waals surface area contributed by atoms with Gasteiger partial charge in [0.05, 0.1) is 11.5 Å². The third-order valence-electron chi connectivity index (χ3n) is 1.90. The molecule has 0 aromatic carbocycles. The Morgan fingerprint density at radius 2 is 1.21 bits per heavy atom. The highest BCUT2D eigenvalue weighted by molar-refractivity contribution is 8.00. The molecular weight excluding hydrogens is 300 g/mol. The van der Waals surface area contributed by atoms with Crippen LogP contribution in [0.2, 0.25) is 0 Å². The fourth-order valence-corrected chi connectivity index (χ4v) is 1.80. The summed E-state index contributed by atoms with van der Waals surface area (Å²) in [5.74, 6) is 0.409. The van der Waals surface area contributed by atoms with Gasteiger partial charge in [-0.05, 0) is 27.7 Å². The molecule has 0 aromatic rings. The highest BCUT2D eigenvalue weighted by atomic mass is 32.2. The predicted octanol–water partition coefficient (Wildman–Crippen LogP) is 1.37. The lowest BCUT2D eigenvalue weighted by atomic mass is 10.2. The molecule has 0 aromatic heterocycles. The molecule has 0 atom stereocenters. The van der Waals surface area contributed by atoms with E-state index in [0.717, 1.165) is 0 Å². The molecule has 2 N–H and O–H groups in total. The maximum Gasteiger partial charge on any atom is 0.230 e. The Morgan fingerprint density at radius 1 is 0.895 bits per heavy atom. The van der Waals surface area contributed by atoms with Crippen LogP contribution in [0.5, 0.6) is 0 Å². The van der Waals surface area contributed by atoms with Gasteiger partial charge in [0, 0.05) is 22.6 Å². The molecule has 112 valence electrons. The number of thioether (sulfide) groups is 1. The first-order valence-electron chi connectivity index (χ1n) is 6.05. The molecule has 0 bridgehead atoms. The molecule has 0 aliphatic rings. The van der Waals surface area contributed by atoms with E-state index in [0.29, 0.717) is 13.1 Å². The lowest BCUT2D eigenvalue weighted by Gasteiger charge is -2.18. The van der Waals surface area contributed by atoms with Crippen molar-refractivity contribution in [2.45, 2.75) is 37.2 Å². The van der Waals surface area contributed by atoms with Crippen LogP contribution in [-0.2, 0) is 9.59 Å². The summed E-state index contributed by atoms with van der Waals surface area (Å²) < 4.78 is -0.453. The van der Waals surface area contributed by atoms with Crippen molar-refractivity contribution in [2.75, 3.05) is 24.6 Å². The Labute approximate surface area is 131 Å². The summed E-state index contributed by atoms with van der Waals surface area (Å²) in [6, 6.07) is 0. The van der Waals surface area contributed by atoms with Crippen molar-refractivity contribution in [3.63, 3.8) is 0 Å². The van der Waals surface area contributed by atoms with Crippen LogP contribution in [0.1, 0.15) is 27.7 Å². The van der Waals surface area contributed by atoms with Gasteiger partial charge in [-0.3, -0.25) is 9.59 Å².